The molecule has 0 aliphatic carbocycles. The number of hydrogen-bond acceptors (Lipinski definition) is 0. The SMILES string of the molecule is CCCCc1ccc([S])cc1. The Morgan fingerprint density at radius 1 is 1.18 bits per heavy atom. The lowest BCUT2D eigenvalue weighted by Gasteiger charge is -1.98. The third kappa shape index (κ3) is 2.89. The van der Waals surface area contributed by atoms with Gasteiger partial charge < -0.3 is 0 Å². The number of benzene rings is 1. The summed E-state index contributed by atoms with van der Waals surface area (Å²) in [7, 11) is 0. The van der Waals surface area contributed by atoms with Gasteiger partial charge >= 0.3 is 0 Å². The Labute approximate surface area is 74.0 Å². The molecule has 59 valence electrons. The van der Waals surface area contributed by atoms with Gasteiger partial charge in [0.05, 0.1) is 0 Å². The van der Waals surface area contributed by atoms with Gasteiger partial charge in [0, 0.05) is 4.90 Å². The third-order valence-electron chi connectivity index (χ3n) is 1.74. The molecule has 1 aromatic carbocycles. The number of unbranched alkanes of at least 4 members (excludes halogenated alkanes) is 1. The molecule has 0 bridgehead atoms. The normalized spacial score (nSPS) is 9.91. The van der Waals surface area contributed by atoms with Crippen molar-refractivity contribution in [3.63, 3.8) is 0 Å². The van der Waals surface area contributed by atoms with E-state index in [1.54, 1.807) is 0 Å². The first-order valence-electron chi connectivity index (χ1n) is 4.09. The molecule has 1 radical (unpaired) electrons. The summed E-state index contributed by atoms with van der Waals surface area (Å²) in [5.41, 5.74) is 1.40. The van der Waals surface area contributed by atoms with Crippen molar-refractivity contribution in [2.75, 3.05) is 0 Å². The van der Waals surface area contributed by atoms with Crippen LogP contribution in [0.25, 0.3) is 0 Å². The largest absolute Gasteiger partial charge is 0.0801 e. The molecule has 0 atom stereocenters. The van der Waals surface area contributed by atoms with Crippen LogP contribution in [0.15, 0.2) is 29.2 Å². The first-order valence-corrected chi connectivity index (χ1v) is 4.49. The van der Waals surface area contributed by atoms with Gasteiger partial charge in [0.2, 0.25) is 0 Å². The van der Waals surface area contributed by atoms with Gasteiger partial charge in [0.25, 0.3) is 0 Å². The molecular formula is C10H13S. The van der Waals surface area contributed by atoms with Crippen LogP contribution in [-0.4, -0.2) is 0 Å². The van der Waals surface area contributed by atoms with Gasteiger partial charge in [0.15, 0.2) is 0 Å². The Kier molecular flexibility index (Phi) is 3.37. The second-order valence-electron chi connectivity index (χ2n) is 2.75. The first-order chi connectivity index (χ1) is 5.33. The van der Waals surface area contributed by atoms with Gasteiger partial charge in [-0.2, -0.15) is 0 Å². The Hall–Kier alpha value is -0.560. The molecule has 0 unspecified atom stereocenters. The minimum atomic E-state index is 0.935. The summed E-state index contributed by atoms with van der Waals surface area (Å²) in [6, 6.07) is 8.25. The van der Waals surface area contributed by atoms with Crippen LogP contribution in [0.2, 0.25) is 0 Å². The average molecular weight is 165 g/mol. The van der Waals surface area contributed by atoms with Crippen LogP contribution in [0, 0.1) is 0 Å². The van der Waals surface area contributed by atoms with E-state index >= 15 is 0 Å². The van der Waals surface area contributed by atoms with Crippen molar-refractivity contribution >= 4 is 12.6 Å². The lowest BCUT2D eigenvalue weighted by molar-refractivity contribution is 0.794. The summed E-state index contributed by atoms with van der Waals surface area (Å²) >= 11 is 4.98. The average Bonchev–Trinajstić information content (AvgIpc) is 2.04. The summed E-state index contributed by atoms with van der Waals surface area (Å²) in [5.74, 6) is 0. The van der Waals surface area contributed by atoms with Crippen molar-refractivity contribution in [1.82, 2.24) is 0 Å². The lowest BCUT2D eigenvalue weighted by Crippen LogP contribution is -1.82. The molecule has 0 nitrogen and oxygen atoms in total. The molecule has 0 aliphatic rings. The standard InChI is InChI=1S/C10H13S/c1-2-3-4-9-5-7-10(11)8-6-9/h5-8H,2-4H2,1H3. The minimum absolute atomic E-state index is 0.935. The van der Waals surface area contributed by atoms with Gasteiger partial charge in [-0.15, -0.1) is 0 Å². The van der Waals surface area contributed by atoms with Crippen molar-refractivity contribution in [3.05, 3.63) is 29.8 Å². The highest BCUT2D eigenvalue weighted by atomic mass is 32.1. The van der Waals surface area contributed by atoms with Crippen LogP contribution in [0.3, 0.4) is 0 Å². The van der Waals surface area contributed by atoms with E-state index in [9.17, 15) is 0 Å². The molecule has 0 saturated carbocycles. The summed E-state index contributed by atoms with van der Waals surface area (Å²) in [6.07, 6.45) is 3.72. The molecule has 0 aromatic heterocycles. The van der Waals surface area contributed by atoms with E-state index in [1.807, 2.05) is 12.1 Å². The number of rotatable bonds is 3. The fourth-order valence-corrected chi connectivity index (χ4v) is 1.17. The van der Waals surface area contributed by atoms with Crippen molar-refractivity contribution in [2.24, 2.45) is 0 Å². The fourth-order valence-electron chi connectivity index (χ4n) is 1.04. The van der Waals surface area contributed by atoms with Gasteiger partial charge in [-0.3, -0.25) is 0 Å². The van der Waals surface area contributed by atoms with E-state index in [-0.39, 0.29) is 0 Å². The smallest absolute Gasteiger partial charge is 0.0377 e. The summed E-state index contributed by atoms with van der Waals surface area (Å²) in [6.45, 7) is 2.21. The van der Waals surface area contributed by atoms with Crippen LogP contribution in [-0.2, 0) is 6.42 Å². The van der Waals surface area contributed by atoms with Crippen molar-refractivity contribution in [2.45, 2.75) is 31.1 Å². The van der Waals surface area contributed by atoms with Crippen molar-refractivity contribution in [3.8, 4) is 0 Å². The van der Waals surface area contributed by atoms with Crippen LogP contribution in [0.4, 0.5) is 0 Å². The zero-order valence-corrected chi connectivity index (χ0v) is 7.66. The molecule has 1 heteroatoms. The molecule has 0 saturated heterocycles. The van der Waals surface area contributed by atoms with E-state index in [4.69, 9.17) is 12.6 Å². The second-order valence-corrected chi connectivity index (χ2v) is 3.22. The molecule has 0 amide bonds. The fraction of sp³-hybridized carbons (Fsp3) is 0.400. The molecule has 1 rings (SSSR count). The molecular weight excluding hydrogens is 152 g/mol. The van der Waals surface area contributed by atoms with Gasteiger partial charge in [-0.1, -0.05) is 38.1 Å². The maximum atomic E-state index is 4.98. The van der Waals surface area contributed by atoms with Gasteiger partial charge in [-0.25, -0.2) is 0 Å². The first kappa shape index (κ1) is 8.54. The van der Waals surface area contributed by atoms with Gasteiger partial charge in [-0.05, 0) is 30.5 Å². The van der Waals surface area contributed by atoms with Crippen molar-refractivity contribution < 1.29 is 0 Å². The molecule has 11 heavy (non-hydrogen) atoms. The Balaban J connectivity index is 2.52. The highest BCUT2D eigenvalue weighted by Crippen LogP contribution is 2.09. The molecule has 0 fully saturated rings. The lowest BCUT2D eigenvalue weighted by atomic mass is 10.1. The molecule has 0 spiro atoms. The predicted molar refractivity (Wildman–Crippen MR) is 50.9 cm³/mol. The summed E-state index contributed by atoms with van der Waals surface area (Å²) < 4.78 is 0. The maximum Gasteiger partial charge on any atom is 0.0377 e. The van der Waals surface area contributed by atoms with E-state index in [0.717, 1.165) is 4.90 Å². The molecule has 0 aliphatic heterocycles. The Morgan fingerprint density at radius 3 is 2.36 bits per heavy atom. The zero-order chi connectivity index (χ0) is 8.10. The second kappa shape index (κ2) is 4.35. The quantitative estimate of drug-likeness (QED) is 0.642. The number of hydrogen-bond donors (Lipinski definition) is 0. The number of aryl methyl sites for hydroxylation is 1. The Morgan fingerprint density at radius 2 is 1.82 bits per heavy atom. The highest BCUT2D eigenvalue weighted by molar-refractivity contribution is 7.80. The molecule has 0 N–H and O–H groups in total. The van der Waals surface area contributed by atoms with Crippen LogP contribution in [0.1, 0.15) is 25.3 Å². The molecule has 1 aromatic rings. The van der Waals surface area contributed by atoms with Crippen LogP contribution < -0.4 is 0 Å². The summed E-state index contributed by atoms with van der Waals surface area (Å²) in [5, 5.41) is 0. The molecule has 0 heterocycles. The van der Waals surface area contributed by atoms with E-state index in [1.165, 1.54) is 24.8 Å². The van der Waals surface area contributed by atoms with Crippen molar-refractivity contribution in [1.29, 1.82) is 0 Å². The van der Waals surface area contributed by atoms with Crippen LogP contribution >= 0.6 is 12.6 Å². The highest BCUT2D eigenvalue weighted by Gasteiger charge is 1.90. The van der Waals surface area contributed by atoms with Gasteiger partial charge in [0.1, 0.15) is 0 Å². The summed E-state index contributed by atoms with van der Waals surface area (Å²) in [4.78, 5) is 0.935. The predicted octanol–water partition coefficient (Wildman–Crippen LogP) is 3.59. The minimum Gasteiger partial charge on any atom is -0.0801 e. The maximum absolute atomic E-state index is 4.98. The topological polar surface area (TPSA) is 0 Å². The van der Waals surface area contributed by atoms with E-state index < -0.39 is 0 Å². The zero-order valence-electron chi connectivity index (χ0n) is 6.84. The van der Waals surface area contributed by atoms with E-state index in [0.29, 0.717) is 0 Å². The third-order valence-corrected chi connectivity index (χ3v) is 2.01. The van der Waals surface area contributed by atoms with E-state index in [2.05, 4.69) is 19.1 Å². The monoisotopic (exact) mass is 165 g/mol. The Bertz CT molecular complexity index is 201. The van der Waals surface area contributed by atoms with Crippen LogP contribution in [0.5, 0.6) is 0 Å².